The summed E-state index contributed by atoms with van der Waals surface area (Å²) in [5.74, 6) is 0.961. The summed E-state index contributed by atoms with van der Waals surface area (Å²) in [6.07, 6.45) is 6.02. The molecule has 1 saturated carbocycles. The van der Waals surface area contributed by atoms with Gasteiger partial charge in [0.15, 0.2) is 0 Å². The molecule has 2 unspecified atom stereocenters. The number of rotatable bonds is 3. The molecule has 1 heterocycles. The number of alkyl halides is 1. The third kappa shape index (κ3) is 2.86. The predicted octanol–water partition coefficient (Wildman–Crippen LogP) is 2.34. The Morgan fingerprint density at radius 2 is 2.50 bits per heavy atom. The van der Waals surface area contributed by atoms with Crippen LogP contribution in [0.3, 0.4) is 0 Å². The number of halogens is 1. The first kappa shape index (κ1) is 13.4. The van der Waals surface area contributed by atoms with Gasteiger partial charge in [-0.15, -0.1) is 11.6 Å². The largest absolute Gasteiger partial charge is 0.344 e. The zero-order chi connectivity index (χ0) is 13.2. The van der Waals surface area contributed by atoms with E-state index in [1.165, 1.54) is 6.42 Å². The van der Waals surface area contributed by atoms with Crippen molar-refractivity contribution in [3.63, 3.8) is 0 Å². The van der Waals surface area contributed by atoms with Gasteiger partial charge in [0.25, 0.3) is 5.91 Å². The standard InChI is InChI=1S/C13H20ClN3O/c1-10-4-3-6-13(8-10,9-14)15-12(18)11-5-7-17(2)16-11/h5,7,10H,3-4,6,8-9H2,1-2H3,(H,15,18). The lowest BCUT2D eigenvalue weighted by Crippen LogP contribution is -2.52. The Morgan fingerprint density at radius 3 is 3.06 bits per heavy atom. The predicted molar refractivity (Wildman–Crippen MR) is 71.8 cm³/mol. The van der Waals surface area contributed by atoms with Gasteiger partial charge in [-0.1, -0.05) is 19.8 Å². The van der Waals surface area contributed by atoms with Crippen LogP contribution >= 0.6 is 11.6 Å². The average molecular weight is 270 g/mol. The van der Waals surface area contributed by atoms with E-state index in [1.807, 2.05) is 0 Å². The summed E-state index contributed by atoms with van der Waals surface area (Å²) in [6, 6.07) is 1.73. The number of aryl methyl sites for hydroxylation is 1. The molecular weight excluding hydrogens is 250 g/mol. The van der Waals surface area contributed by atoms with Crippen LogP contribution < -0.4 is 5.32 Å². The minimum Gasteiger partial charge on any atom is -0.344 e. The van der Waals surface area contributed by atoms with Crippen molar-refractivity contribution >= 4 is 17.5 Å². The van der Waals surface area contributed by atoms with Gasteiger partial charge in [0.2, 0.25) is 0 Å². The number of nitrogens with one attached hydrogen (secondary N) is 1. The monoisotopic (exact) mass is 269 g/mol. The fourth-order valence-corrected chi connectivity index (χ4v) is 3.08. The molecule has 0 spiro atoms. The Hall–Kier alpha value is -1.03. The van der Waals surface area contributed by atoms with E-state index in [0.29, 0.717) is 17.5 Å². The van der Waals surface area contributed by atoms with Gasteiger partial charge in [-0.2, -0.15) is 5.10 Å². The number of carbonyl (C=O) groups is 1. The van der Waals surface area contributed by atoms with Gasteiger partial charge in [-0.3, -0.25) is 9.48 Å². The highest BCUT2D eigenvalue weighted by atomic mass is 35.5. The molecule has 2 atom stereocenters. The van der Waals surface area contributed by atoms with Crippen molar-refractivity contribution in [1.82, 2.24) is 15.1 Å². The fourth-order valence-electron chi connectivity index (χ4n) is 2.77. The van der Waals surface area contributed by atoms with E-state index >= 15 is 0 Å². The average Bonchev–Trinajstić information content (AvgIpc) is 2.76. The zero-order valence-electron chi connectivity index (χ0n) is 10.9. The molecule has 18 heavy (non-hydrogen) atoms. The maximum Gasteiger partial charge on any atom is 0.272 e. The van der Waals surface area contributed by atoms with Crippen molar-refractivity contribution in [1.29, 1.82) is 0 Å². The van der Waals surface area contributed by atoms with E-state index in [-0.39, 0.29) is 11.4 Å². The van der Waals surface area contributed by atoms with Crippen LogP contribution in [0.1, 0.15) is 43.1 Å². The normalized spacial score (nSPS) is 28.1. The Bertz CT molecular complexity index is 432. The number of hydrogen-bond acceptors (Lipinski definition) is 2. The van der Waals surface area contributed by atoms with Crippen molar-refractivity contribution in [3.8, 4) is 0 Å². The lowest BCUT2D eigenvalue weighted by molar-refractivity contribution is 0.0861. The summed E-state index contributed by atoms with van der Waals surface area (Å²) in [5.41, 5.74) is 0.202. The van der Waals surface area contributed by atoms with Crippen molar-refractivity contribution in [2.24, 2.45) is 13.0 Å². The highest BCUT2D eigenvalue weighted by Crippen LogP contribution is 2.33. The Labute approximate surface area is 113 Å². The number of amides is 1. The van der Waals surface area contributed by atoms with Gasteiger partial charge in [0.1, 0.15) is 5.69 Å². The SMILES string of the molecule is CC1CCCC(CCl)(NC(=O)c2ccn(C)n2)C1. The molecule has 1 N–H and O–H groups in total. The van der Waals surface area contributed by atoms with E-state index in [4.69, 9.17) is 11.6 Å². The van der Waals surface area contributed by atoms with E-state index in [2.05, 4.69) is 17.3 Å². The summed E-state index contributed by atoms with van der Waals surface area (Å²) < 4.78 is 1.63. The molecule has 0 radical (unpaired) electrons. The Kier molecular flexibility index (Phi) is 3.95. The molecule has 2 rings (SSSR count). The van der Waals surface area contributed by atoms with Gasteiger partial charge >= 0.3 is 0 Å². The number of hydrogen-bond donors (Lipinski definition) is 1. The lowest BCUT2D eigenvalue weighted by Gasteiger charge is -2.39. The second-order valence-electron chi connectivity index (χ2n) is 5.44. The minimum absolute atomic E-state index is 0.120. The Morgan fingerprint density at radius 1 is 1.72 bits per heavy atom. The number of carbonyl (C=O) groups excluding carboxylic acids is 1. The molecule has 1 amide bonds. The van der Waals surface area contributed by atoms with Crippen molar-refractivity contribution in [2.45, 2.75) is 38.1 Å². The molecule has 1 aromatic heterocycles. The summed E-state index contributed by atoms with van der Waals surface area (Å²) in [5, 5.41) is 7.22. The Balaban J connectivity index is 2.08. The highest BCUT2D eigenvalue weighted by Gasteiger charge is 2.36. The molecule has 0 saturated heterocycles. The maximum atomic E-state index is 12.2. The molecular formula is C13H20ClN3O. The van der Waals surface area contributed by atoms with Crippen LogP contribution in [0.25, 0.3) is 0 Å². The lowest BCUT2D eigenvalue weighted by atomic mass is 9.77. The van der Waals surface area contributed by atoms with Crippen molar-refractivity contribution in [3.05, 3.63) is 18.0 Å². The van der Waals surface area contributed by atoms with E-state index in [9.17, 15) is 4.79 Å². The molecule has 0 aliphatic heterocycles. The smallest absolute Gasteiger partial charge is 0.272 e. The quantitative estimate of drug-likeness (QED) is 0.856. The molecule has 5 heteroatoms. The first-order valence-corrected chi connectivity index (χ1v) is 6.96. The third-order valence-corrected chi connectivity index (χ3v) is 4.18. The molecule has 1 aromatic rings. The summed E-state index contributed by atoms with van der Waals surface area (Å²) in [4.78, 5) is 12.2. The molecule has 4 nitrogen and oxygen atoms in total. The molecule has 1 aliphatic rings. The molecule has 0 bridgehead atoms. The number of aromatic nitrogens is 2. The van der Waals surface area contributed by atoms with Crippen LogP contribution in [0.2, 0.25) is 0 Å². The molecule has 1 fully saturated rings. The number of nitrogens with zero attached hydrogens (tertiary/aromatic N) is 2. The first-order valence-electron chi connectivity index (χ1n) is 6.43. The van der Waals surface area contributed by atoms with Crippen LogP contribution in [-0.2, 0) is 7.05 Å². The maximum absolute atomic E-state index is 12.2. The van der Waals surface area contributed by atoms with E-state index in [0.717, 1.165) is 19.3 Å². The second-order valence-corrected chi connectivity index (χ2v) is 5.71. The summed E-state index contributed by atoms with van der Waals surface area (Å²) in [6.45, 7) is 2.22. The van der Waals surface area contributed by atoms with Gasteiger partial charge < -0.3 is 5.32 Å². The van der Waals surface area contributed by atoms with Gasteiger partial charge in [-0.25, -0.2) is 0 Å². The van der Waals surface area contributed by atoms with E-state index in [1.54, 1.807) is 24.0 Å². The van der Waals surface area contributed by atoms with Crippen molar-refractivity contribution < 1.29 is 4.79 Å². The van der Waals surface area contributed by atoms with Gasteiger partial charge in [0, 0.05) is 19.1 Å². The highest BCUT2D eigenvalue weighted by molar-refractivity contribution is 6.19. The third-order valence-electron chi connectivity index (χ3n) is 3.67. The summed E-state index contributed by atoms with van der Waals surface area (Å²) >= 11 is 6.10. The van der Waals surface area contributed by atoms with E-state index < -0.39 is 0 Å². The fraction of sp³-hybridized carbons (Fsp3) is 0.692. The zero-order valence-corrected chi connectivity index (χ0v) is 11.7. The topological polar surface area (TPSA) is 46.9 Å². The van der Waals surface area contributed by atoms with Gasteiger partial charge in [-0.05, 0) is 24.8 Å². The van der Waals surface area contributed by atoms with Crippen LogP contribution in [0.15, 0.2) is 12.3 Å². The van der Waals surface area contributed by atoms with Crippen LogP contribution in [0.5, 0.6) is 0 Å². The second kappa shape index (κ2) is 5.31. The molecule has 1 aliphatic carbocycles. The minimum atomic E-state index is -0.256. The van der Waals surface area contributed by atoms with Crippen LogP contribution in [0, 0.1) is 5.92 Å². The molecule has 0 aromatic carbocycles. The van der Waals surface area contributed by atoms with Crippen LogP contribution in [-0.4, -0.2) is 27.1 Å². The van der Waals surface area contributed by atoms with Crippen LogP contribution in [0.4, 0.5) is 0 Å². The van der Waals surface area contributed by atoms with Gasteiger partial charge in [0.05, 0.1) is 5.54 Å². The molecule has 100 valence electrons. The van der Waals surface area contributed by atoms with Crippen molar-refractivity contribution in [2.75, 3.05) is 5.88 Å². The summed E-state index contributed by atoms with van der Waals surface area (Å²) in [7, 11) is 1.80. The first-order chi connectivity index (χ1) is 8.54.